The van der Waals surface area contributed by atoms with Gasteiger partial charge in [0, 0.05) is 45.3 Å². The summed E-state index contributed by atoms with van der Waals surface area (Å²) in [5.74, 6) is 0.365. The molecule has 0 radical (unpaired) electrons. The highest BCUT2D eigenvalue weighted by atomic mass is 32.2. The number of anilines is 1. The summed E-state index contributed by atoms with van der Waals surface area (Å²) >= 11 is 0. The highest BCUT2D eigenvalue weighted by Crippen LogP contribution is 2.25. The second kappa shape index (κ2) is 8.47. The van der Waals surface area contributed by atoms with Crippen molar-refractivity contribution in [2.24, 2.45) is 5.92 Å². The van der Waals surface area contributed by atoms with Crippen molar-refractivity contribution >= 4 is 21.6 Å². The number of carbonyl (C=O) groups is 1. The fourth-order valence-electron chi connectivity index (χ4n) is 3.54. The molecule has 0 unspecified atom stereocenters. The number of hydrogen-bond acceptors (Lipinski definition) is 5. The number of carbonyl (C=O) groups excluding carboxylic acids is 1. The van der Waals surface area contributed by atoms with Gasteiger partial charge in [-0.2, -0.15) is 4.31 Å². The van der Waals surface area contributed by atoms with Crippen LogP contribution in [0.15, 0.2) is 29.2 Å². The lowest BCUT2D eigenvalue weighted by Gasteiger charge is -2.35. The van der Waals surface area contributed by atoms with Crippen LogP contribution in [-0.4, -0.2) is 69.5 Å². The average molecular weight is 381 g/mol. The van der Waals surface area contributed by atoms with Crippen LogP contribution in [0.5, 0.6) is 0 Å². The first-order valence-corrected chi connectivity index (χ1v) is 10.6. The van der Waals surface area contributed by atoms with Crippen LogP contribution in [0.3, 0.4) is 0 Å². The van der Waals surface area contributed by atoms with Gasteiger partial charge in [-0.25, -0.2) is 8.42 Å². The molecule has 1 aromatic carbocycles. The minimum atomic E-state index is -3.48. The van der Waals surface area contributed by atoms with Gasteiger partial charge in [0.1, 0.15) is 0 Å². The van der Waals surface area contributed by atoms with E-state index in [0.29, 0.717) is 24.7 Å². The van der Waals surface area contributed by atoms with Crippen molar-refractivity contribution in [1.29, 1.82) is 0 Å². The van der Waals surface area contributed by atoms with Crippen LogP contribution in [0.25, 0.3) is 0 Å². The maximum atomic E-state index is 12.8. The van der Waals surface area contributed by atoms with E-state index in [9.17, 15) is 13.2 Å². The van der Waals surface area contributed by atoms with E-state index in [0.717, 1.165) is 45.7 Å². The fraction of sp³-hybridized carbons (Fsp3) is 0.611. The summed E-state index contributed by atoms with van der Waals surface area (Å²) < 4.78 is 32.6. The first kappa shape index (κ1) is 19.3. The van der Waals surface area contributed by atoms with Gasteiger partial charge in [-0.15, -0.1) is 0 Å². The molecule has 1 aromatic rings. The third-order valence-corrected chi connectivity index (χ3v) is 6.92. The number of rotatable bonds is 5. The molecule has 2 saturated heterocycles. The van der Waals surface area contributed by atoms with Crippen molar-refractivity contribution in [3.8, 4) is 0 Å². The molecule has 3 rings (SSSR count). The zero-order chi connectivity index (χ0) is 18.6. The average Bonchev–Trinajstić information content (AvgIpc) is 2.63. The minimum Gasteiger partial charge on any atom is -0.379 e. The Balaban J connectivity index is 1.56. The van der Waals surface area contributed by atoms with Gasteiger partial charge in [0.2, 0.25) is 15.9 Å². The molecule has 0 saturated carbocycles. The van der Waals surface area contributed by atoms with Gasteiger partial charge in [-0.05, 0) is 43.0 Å². The summed E-state index contributed by atoms with van der Waals surface area (Å²) in [6.07, 6.45) is 1.78. The van der Waals surface area contributed by atoms with Crippen molar-refractivity contribution in [1.82, 2.24) is 9.21 Å². The molecule has 1 amide bonds. The Morgan fingerprint density at radius 2 is 1.73 bits per heavy atom. The summed E-state index contributed by atoms with van der Waals surface area (Å²) in [6.45, 7) is 7.10. The second-order valence-electron chi connectivity index (χ2n) is 6.97. The molecule has 0 bridgehead atoms. The first-order valence-electron chi connectivity index (χ1n) is 9.13. The van der Waals surface area contributed by atoms with Crippen LogP contribution in [-0.2, 0) is 19.6 Å². The number of piperidine rings is 1. The summed E-state index contributed by atoms with van der Waals surface area (Å²) in [5.41, 5.74) is 0.598. The van der Waals surface area contributed by atoms with Crippen molar-refractivity contribution < 1.29 is 17.9 Å². The van der Waals surface area contributed by atoms with E-state index >= 15 is 0 Å². The molecule has 2 fully saturated rings. The summed E-state index contributed by atoms with van der Waals surface area (Å²) in [5, 5.41) is 2.65. The fourth-order valence-corrected chi connectivity index (χ4v) is 5.01. The number of nitrogens with zero attached hydrogens (tertiary/aromatic N) is 2. The van der Waals surface area contributed by atoms with Crippen LogP contribution in [0.1, 0.15) is 19.8 Å². The van der Waals surface area contributed by atoms with Gasteiger partial charge in [0.25, 0.3) is 0 Å². The van der Waals surface area contributed by atoms with Crippen molar-refractivity contribution in [2.45, 2.75) is 24.7 Å². The van der Waals surface area contributed by atoms with Gasteiger partial charge >= 0.3 is 0 Å². The van der Waals surface area contributed by atoms with Crippen LogP contribution in [0.2, 0.25) is 0 Å². The highest BCUT2D eigenvalue weighted by molar-refractivity contribution is 7.89. The van der Waals surface area contributed by atoms with Gasteiger partial charge in [0.05, 0.1) is 18.1 Å². The maximum absolute atomic E-state index is 12.8. The Hall–Kier alpha value is -1.48. The van der Waals surface area contributed by atoms with Crippen LogP contribution >= 0.6 is 0 Å². The number of amides is 1. The van der Waals surface area contributed by atoms with Crippen LogP contribution < -0.4 is 5.32 Å². The molecule has 2 aliphatic heterocycles. The van der Waals surface area contributed by atoms with Crippen molar-refractivity contribution in [3.63, 3.8) is 0 Å². The van der Waals surface area contributed by atoms with Crippen LogP contribution in [0, 0.1) is 5.92 Å². The Bertz CT molecular complexity index is 706. The molecule has 2 heterocycles. The zero-order valence-corrected chi connectivity index (χ0v) is 16.0. The van der Waals surface area contributed by atoms with Gasteiger partial charge in [-0.1, -0.05) is 0 Å². The molecular formula is C18H27N3O4S. The normalized spacial score (nSPS) is 20.8. The number of benzene rings is 1. The van der Waals surface area contributed by atoms with E-state index in [1.165, 1.54) is 6.92 Å². The summed E-state index contributed by atoms with van der Waals surface area (Å²) in [7, 11) is -3.48. The van der Waals surface area contributed by atoms with E-state index in [1.54, 1.807) is 28.6 Å². The second-order valence-corrected chi connectivity index (χ2v) is 8.90. The highest BCUT2D eigenvalue weighted by Gasteiger charge is 2.30. The molecule has 26 heavy (non-hydrogen) atoms. The van der Waals surface area contributed by atoms with E-state index in [-0.39, 0.29) is 10.8 Å². The predicted octanol–water partition coefficient (Wildman–Crippen LogP) is 1.38. The zero-order valence-electron chi connectivity index (χ0n) is 15.2. The lowest BCUT2D eigenvalue weighted by molar-refractivity contribution is -0.114. The Kier molecular flexibility index (Phi) is 6.29. The predicted molar refractivity (Wildman–Crippen MR) is 99.5 cm³/mol. The molecule has 0 aromatic heterocycles. The maximum Gasteiger partial charge on any atom is 0.243 e. The SMILES string of the molecule is CC(=O)Nc1ccc(S(=O)(=O)N2CCC(CN3CCOCC3)CC2)cc1. The summed E-state index contributed by atoms with van der Waals surface area (Å²) in [6, 6.07) is 6.36. The van der Waals surface area contributed by atoms with E-state index in [4.69, 9.17) is 4.74 Å². The monoisotopic (exact) mass is 381 g/mol. The quantitative estimate of drug-likeness (QED) is 0.834. The van der Waals surface area contributed by atoms with Crippen molar-refractivity contribution in [3.05, 3.63) is 24.3 Å². The summed E-state index contributed by atoms with van der Waals surface area (Å²) in [4.78, 5) is 13.8. The number of morpholine rings is 1. The molecule has 0 spiro atoms. The van der Waals surface area contributed by atoms with Crippen molar-refractivity contribution in [2.75, 3.05) is 51.3 Å². The molecule has 7 nitrogen and oxygen atoms in total. The Morgan fingerprint density at radius 3 is 2.31 bits per heavy atom. The smallest absolute Gasteiger partial charge is 0.243 e. The van der Waals surface area contributed by atoms with Gasteiger partial charge in [-0.3, -0.25) is 9.69 Å². The Morgan fingerprint density at radius 1 is 1.12 bits per heavy atom. The molecular weight excluding hydrogens is 354 g/mol. The molecule has 1 N–H and O–H groups in total. The number of nitrogens with one attached hydrogen (secondary N) is 1. The molecule has 0 atom stereocenters. The largest absolute Gasteiger partial charge is 0.379 e. The third kappa shape index (κ3) is 4.82. The third-order valence-electron chi connectivity index (χ3n) is 5.01. The Labute approximate surface area is 155 Å². The topological polar surface area (TPSA) is 79.0 Å². The van der Waals surface area contributed by atoms with Crippen LogP contribution in [0.4, 0.5) is 5.69 Å². The number of hydrogen-bond donors (Lipinski definition) is 1. The minimum absolute atomic E-state index is 0.178. The molecule has 144 valence electrons. The van der Waals surface area contributed by atoms with Gasteiger partial charge < -0.3 is 10.1 Å². The number of sulfonamides is 1. The van der Waals surface area contributed by atoms with E-state index in [2.05, 4.69) is 10.2 Å². The molecule has 0 aliphatic carbocycles. The van der Waals surface area contributed by atoms with Gasteiger partial charge in [0.15, 0.2) is 0 Å². The first-order chi connectivity index (χ1) is 12.4. The number of ether oxygens (including phenoxy) is 1. The standard InChI is InChI=1S/C18H27N3O4S/c1-15(22)19-17-2-4-18(5-3-17)26(23,24)21-8-6-16(7-9-21)14-20-10-12-25-13-11-20/h2-5,16H,6-14H2,1H3,(H,19,22). The van der Waals surface area contributed by atoms with E-state index in [1.807, 2.05) is 0 Å². The lowest BCUT2D eigenvalue weighted by atomic mass is 9.97. The molecule has 8 heteroatoms. The van der Waals surface area contributed by atoms with E-state index < -0.39 is 10.0 Å². The lowest BCUT2D eigenvalue weighted by Crippen LogP contribution is -2.44. The molecule has 2 aliphatic rings.